The van der Waals surface area contributed by atoms with E-state index < -0.39 is 42.4 Å². The first kappa shape index (κ1) is 15.7. The summed E-state index contributed by atoms with van der Waals surface area (Å²) in [4.78, 5) is 43.4. The van der Waals surface area contributed by atoms with Crippen molar-refractivity contribution in [1.29, 1.82) is 0 Å². The molecule has 0 spiro atoms. The van der Waals surface area contributed by atoms with E-state index in [-0.39, 0.29) is 11.3 Å². The average Bonchev–Trinajstić information content (AvgIpc) is 2.21. The maximum absolute atomic E-state index is 11.2. The van der Waals surface area contributed by atoms with Gasteiger partial charge in [-0.25, -0.2) is 14.4 Å². The molecule has 0 fully saturated rings. The number of imide groups is 1. The van der Waals surface area contributed by atoms with Crippen LogP contribution in [-0.4, -0.2) is 49.8 Å². The quantitative estimate of drug-likeness (QED) is 0.529. The monoisotopic (exact) mass is 262 g/mol. The fourth-order valence-electron chi connectivity index (χ4n) is 1.58. The number of carboxylic acid groups (broad SMARTS) is 3. The number of amides is 3. The number of carbonyl (C=O) groups excluding carboxylic acids is 1. The molecule has 0 aliphatic heterocycles. The highest BCUT2D eigenvalue weighted by Gasteiger charge is 2.49. The molecule has 102 valence electrons. The van der Waals surface area contributed by atoms with Crippen LogP contribution in [0.1, 0.15) is 26.2 Å². The Morgan fingerprint density at radius 3 is 1.78 bits per heavy atom. The third kappa shape index (κ3) is 3.09. The molecule has 0 aromatic carbocycles. The molecule has 5 N–H and O–H groups in total. The molecule has 9 heteroatoms. The summed E-state index contributed by atoms with van der Waals surface area (Å²) in [5, 5.41) is 26.7. The van der Waals surface area contributed by atoms with Crippen molar-refractivity contribution in [1.82, 2.24) is 4.90 Å². The zero-order valence-corrected chi connectivity index (χ0v) is 9.62. The Bertz CT molecular complexity index is 367. The molecule has 0 heterocycles. The summed E-state index contributed by atoms with van der Waals surface area (Å²) in [6, 6.07) is 0. The van der Waals surface area contributed by atoms with E-state index in [2.05, 4.69) is 0 Å². The van der Waals surface area contributed by atoms with Gasteiger partial charge in [-0.1, -0.05) is 6.92 Å². The first-order chi connectivity index (χ1) is 8.19. The molecule has 0 aromatic heterocycles. The highest BCUT2D eigenvalue weighted by molar-refractivity contribution is 5.94. The second kappa shape index (κ2) is 5.84. The van der Waals surface area contributed by atoms with Crippen LogP contribution in [-0.2, 0) is 9.59 Å². The number of carboxylic acids is 1. The molecule has 0 saturated carbocycles. The van der Waals surface area contributed by atoms with E-state index in [1.54, 1.807) is 0 Å². The summed E-state index contributed by atoms with van der Waals surface area (Å²) >= 11 is 0. The van der Waals surface area contributed by atoms with Gasteiger partial charge in [0.25, 0.3) is 0 Å². The molecule has 0 unspecified atom stereocenters. The van der Waals surface area contributed by atoms with E-state index in [0.717, 1.165) is 0 Å². The van der Waals surface area contributed by atoms with Crippen LogP contribution in [0.25, 0.3) is 0 Å². The van der Waals surface area contributed by atoms with Gasteiger partial charge in [0, 0.05) is 6.42 Å². The van der Waals surface area contributed by atoms with Gasteiger partial charge in [-0.2, -0.15) is 4.90 Å². The standard InChI is InChI=1S/C9H14N2O7/c1-2-9(6(13)14,4-3-5(10)12)11(7(15)16)8(17)18/h2-4H2,1H3,(H2,10,12)(H,13,14)(H,15,16)(H,17,18)/t9-/m0/s1. The maximum atomic E-state index is 11.2. The summed E-state index contributed by atoms with van der Waals surface area (Å²) in [6.07, 6.45) is -5.09. The number of primary amides is 1. The smallest absolute Gasteiger partial charge is 0.417 e. The van der Waals surface area contributed by atoms with Crippen LogP contribution < -0.4 is 5.73 Å². The van der Waals surface area contributed by atoms with Gasteiger partial charge in [0.05, 0.1) is 0 Å². The number of rotatable bonds is 6. The highest BCUT2D eigenvalue weighted by atomic mass is 16.4. The largest absolute Gasteiger partial charge is 0.479 e. The van der Waals surface area contributed by atoms with Crippen LogP contribution in [0.4, 0.5) is 9.59 Å². The molecule has 0 aliphatic rings. The molecule has 0 aromatic rings. The minimum Gasteiger partial charge on any atom is -0.479 e. The van der Waals surface area contributed by atoms with Gasteiger partial charge in [-0.3, -0.25) is 4.79 Å². The number of nitrogens with zero attached hydrogens (tertiary/aromatic N) is 1. The number of aliphatic carboxylic acids is 1. The molecule has 0 rings (SSSR count). The molecule has 1 atom stereocenters. The molecule has 18 heavy (non-hydrogen) atoms. The van der Waals surface area contributed by atoms with Crippen LogP contribution in [0.3, 0.4) is 0 Å². The zero-order chi connectivity index (χ0) is 14.5. The van der Waals surface area contributed by atoms with Crippen LogP contribution >= 0.6 is 0 Å². The van der Waals surface area contributed by atoms with Crippen molar-refractivity contribution in [2.45, 2.75) is 31.7 Å². The normalized spacial score (nSPS) is 13.4. The Morgan fingerprint density at radius 2 is 1.56 bits per heavy atom. The van der Waals surface area contributed by atoms with Crippen molar-refractivity contribution in [2.75, 3.05) is 0 Å². The van der Waals surface area contributed by atoms with Gasteiger partial charge in [0.2, 0.25) is 5.91 Å². The lowest BCUT2D eigenvalue weighted by Crippen LogP contribution is -2.58. The number of nitrogens with two attached hydrogens (primary N) is 1. The van der Waals surface area contributed by atoms with Gasteiger partial charge in [0.15, 0.2) is 5.54 Å². The van der Waals surface area contributed by atoms with Crippen LogP contribution in [0.15, 0.2) is 0 Å². The third-order valence-corrected chi connectivity index (χ3v) is 2.58. The van der Waals surface area contributed by atoms with Gasteiger partial charge in [-0.05, 0) is 12.8 Å². The Hall–Kier alpha value is -2.32. The lowest BCUT2D eigenvalue weighted by atomic mass is 9.88. The second-order valence-electron chi connectivity index (χ2n) is 3.56. The fourth-order valence-corrected chi connectivity index (χ4v) is 1.58. The SMILES string of the molecule is CC[C@](CCC(N)=O)(C(=O)O)N(C(=O)O)C(=O)O. The molecule has 3 amide bonds. The Labute approximate surface area is 102 Å². The van der Waals surface area contributed by atoms with E-state index in [1.165, 1.54) is 6.92 Å². The summed E-state index contributed by atoms with van der Waals surface area (Å²) in [6.45, 7) is 1.31. The van der Waals surface area contributed by atoms with E-state index in [9.17, 15) is 19.2 Å². The molecule has 0 saturated heterocycles. The van der Waals surface area contributed by atoms with Crippen LogP contribution in [0.5, 0.6) is 0 Å². The predicted molar refractivity (Wildman–Crippen MR) is 57.0 cm³/mol. The van der Waals surface area contributed by atoms with Gasteiger partial charge < -0.3 is 21.1 Å². The number of carbonyl (C=O) groups is 4. The lowest BCUT2D eigenvalue weighted by molar-refractivity contribution is -0.150. The van der Waals surface area contributed by atoms with Crippen molar-refractivity contribution in [3.05, 3.63) is 0 Å². The first-order valence-corrected chi connectivity index (χ1v) is 4.96. The van der Waals surface area contributed by atoms with Gasteiger partial charge in [0.1, 0.15) is 0 Å². The third-order valence-electron chi connectivity index (χ3n) is 2.58. The summed E-state index contributed by atoms with van der Waals surface area (Å²) in [5.74, 6) is -2.49. The molecule has 0 bridgehead atoms. The lowest BCUT2D eigenvalue weighted by Gasteiger charge is -2.34. The van der Waals surface area contributed by atoms with E-state index in [0.29, 0.717) is 0 Å². The molecule has 0 radical (unpaired) electrons. The summed E-state index contributed by atoms with van der Waals surface area (Å²) in [7, 11) is 0. The average molecular weight is 262 g/mol. The highest BCUT2D eigenvalue weighted by Crippen LogP contribution is 2.27. The first-order valence-electron chi connectivity index (χ1n) is 4.96. The second-order valence-corrected chi connectivity index (χ2v) is 3.56. The predicted octanol–water partition coefficient (Wildman–Crippen LogP) is 0.143. The molecule has 9 nitrogen and oxygen atoms in total. The van der Waals surface area contributed by atoms with Crippen molar-refractivity contribution in [2.24, 2.45) is 5.73 Å². The minimum absolute atomic E-state index is 0.210. The summed E-state index contributed by atoms with van der Waals surface area (Å²) in [5.41, 5.74) is 2.65. The van der Waals surface area contributed by atoms with Gasteiger partial charge in [-0.15, -0.1) is 0 Å². The molecular weight excluding hydrogens is 248 g/mol. The fraction of sp³-hybridized carbons (Fsp3) is 0.556. The number of hydrogen-bond acceptors (Lipinski definition) is 4. The van der Waals surface area contributed by atoms with Crippen molar-refractivity contribution in [3.8, 4) is 0 Å². The van der Waals surface area contributed by atoms with E-state index in [1.807, 2.05) is 0 Å². The van der Waals surface area contributed by atoms with E-state index >= 15 is 0 Å². The zero-order valence-electron chi connectivity index (χ0n) is 9.62. The minimum atomic E-state index is -2.22. The maximum Gasteiger partial charge on any atom is 0.417 e. The van der Waals surface area contributed by atoms with Crippen LogP contribution in [0, 0.1) is 0 Å². The van der Waals surface area contributed by atoms with Crippen molar-refractivity contribution >= 4 is 24.1 Å². The van der Waals surface area contributed by atoms with Crippen molar-refractivity contribution in [3.63, 3.8) is 0 Å². The van der Waals surface area contributed by atoms with E-state index in [4.69, 9.17) is 21.1 Å². The Morgan fingerprint density at radius 1 is 1.11 bits per heavy atom. The number of hydrogen-bond donors (Lipinski definition) is 4. The Balaban J connectivity index is 5.54. The summed E-state index contributed by atoms with van der Waals surface area (Å²) < 4.78 is 0. The van der Waals surface area contributed by atoms with Crippen molar-refractivity contribution < 1.29 is 34.5 Å². The van der Waals surface area contributed by atoms with Crippen LogP contribution in [0.2, 0.25) is 0 Å². The Kier molecular flexibility index (Phi) is 5.09. The molecule has 0 aliphatic carbocycles. The molecular formula is C9H14N2O7. The van der Waals surface area contributed by atoms with Gasteiger partial charge >= 0.3 is 18.2 Å². The topological polar surface area (TPSA) is 158 Å².